The van der Waals surface area contributed by atoms with Crippen LogP contribution in [0.1, 0.15) is 32.6 Å². The molecule has 2 fully saturated rings. The highest BCUT2D eigenvalue weighted by Gasteiger charge is 2.41. The quantitative estimate of drug-likeness (QED) is 0.904. The summed E-state index contributed by atoms with van der Waals surface area (Å²) in [6.45, 7) is 4.98. The van der Waals surface area contributed by atoms with Gasteiger partial charge in [0, 0.05) is 38.3 Å². The lowest BCUT2D eigenvalue weighted by molar-refractivity contribution is -0.138. The summed E-state index contributed by atoms with van der Waals surface area (Å²) in [6, 6.07) is 5.64. The first-order valence-electron chi connectivity index (χ1n) is 8.61. The number of benzene rings is 1. The number of nitrogens with zero attached hydrogens (tertiary/aromatic N) is 2. The molecule has 0 atom stereocenters. The molecule has 3 amide bonds. The highest BCUT2D eigenvalue weighted by molar-refractivity contribution is 5.89. The fraction of sp³-hybridized carbons (Fsp3) is 0.556. The lowest BCUT2D eigenvalue weighted by Gasteiger charge is -2.47. The fourth-order valence-corrected chi connectivity index (χ4v) is 3.72. The first-order chi connectivity index (χ1) is 11.5. The van der Waals surface area contributed by atoms with Gasteiger partial charge in [0.2, 0.25) is 5.91 Å². The Labute approximate surface area is 141 Å². The molecule has 1 N–H and O–H groups in total. The van der Waals surface area contributed by atoms with E-state index in [2.05, 4.69) is 5.32 Å². The van der Waals surface area contributed by atoms with Crippen molar-refractivity contribution in [3.05, 3.63) is 30.1 Å². The van der Waals surface area contributed by atoms with Crippen LogP contribution in [0.3, 0.4) is 0 Å². The SMILES string of the molecule is CCN1CC2(CCC1=O)CCN(C(=O)Nc1ccc(F)cc1)CC2. The van der Waals surface area contributed by atoms with Crippen LogP contribution in [0.5, 0.6) is 0 Å². The van der Waals surface area contributed by atoms with Crippen LogP contribution in [0.25, 0.3) is 0 Å². The van der Waals surface area contributed by atoms with Crippen LogP contribution in [-0.4, -0.2) is 47.9 Å². The minimum atomic E-state index is -0.319. The number of rotatable bonds is 2. The van der Waals surface area contributed by atoms with Gasteiger partial charge in [-0.2, -0.15) is 0 Å². The molecular formula is C18H24FN3O2. The van der Waals surface area contributed by atoms with E-state index in [4.69, 9.17) is 0 Å². The monoisotopic (exact) mass is 333 g/mol. The summed E-state index contributed by atoms with van der Waals surface area (Å²) < 4.78 is 12.9. The third-order valence-corrected chi connectivity index (χ3v) is 5.34. The Bertz CT molecular complexity index is 609. The number of piperidine rings is 2. The third kappa shape index (κ3) is 3.52. The summed E-state index contributed by atoms with van der Waals surface area (Å²) in [5, 5.41) is 2.81. The van der Waals surface area contributed by atoms with E-state index in [1.165, 1.54) is 12.1 Å². The van der Waals surface area contributed by atoms with Crippen molar-refractivity contribution in [3.63, 3.8) is 0 Å². The number of nitrogens with one attached hydrogen (secondary N) is 1. The van der Waals surface area contributed by atoms with Gasteiger partial charge in [-0.3, -0.25) is 4.79 Å². The van der Waals surface area contributed by atoms with Crippen LogP contribution in [-0.2, 0) is 4.79 Å². The molecule has 1 spiro atoms. The van der Waals surface area contributed by atoms with Gasteiger partial charge in [0.1, 0.15) is 5.82 Å². The van der Waals surface area contributed by atoms with Crippen LogP contribution in [0.2, 0.25) is 0 Å². The molecule has 2 aliphatic heterocycles. The smallest absolute Gasteiger partial charge is 0.321 e. The van der Waals surface area contributed by atoms with Crippen LogP contribution in [0.15, 0.2) is 24.3 Å². The van der Waals surface area contributed by atoms with Crippen LogP contribution in [0.4, 0.5) is 14.9 Å². The minimum absolute atomic E-state index is 0.143. The average Bonchev–Trinajstić information content (AvgIpc) is 2.60. The van der Waals surface area contributed by atoms with Gasteiger partial charge in [0.05, 0.1) is 0 Å². The predicted octanol–water partition coefficient (Wildman–Crippen LogP) is 3.08. The maximum absolute atomic E-state index is 12.9. The summed E-state index contributed by atoms with van der Waals surface area (Å²) >= 11 is 0. The van der Waals surface area contributed by atoms with Gasteiger partial charge in [-0.25, -0.2) is 9.18 Å². The average molecular weight is 333 g/mol. The van der Waals surface area contributed by atoms with Crippen molar-refractivity contribution < 1.29 is 14.0 Å². The maximum Gasteiger partial charge on any atom is 0.321 e. The topological polar surface area (TPSA) is 52.7 Å². The molecule has 2 saturated heterocycles. The number of carbonyl (C=O) groups excluding carboxylic acids is 2. The molecule has 6 heteroatoms. The van der Waals surface area contributed by atoms with Crippen molar-refractivity contribution >= 4 is 17.6 Å². The minimum Gasteiger partial charge on any atom is -0.342 e. The number of hydrogen-bond donors (Lipinski definition) is 1. The molecule has 130 valence electrons. The van der Waals surface area contributed by atoms with Gasteiger partial charge in [-0.15, -0.1) is 0 Å². The number of amides is 3. The van der Waals surface area contributed by atoms with Crippen molar-refractivity contribution in [2.75, 3.05) is 31.5 Å². The molecule has 5 nitrogen and oxygen atoms in total. The molecule has 0 aliphatic carbocycles. The normalized spacial score (nSPS) is 20.3. The molecule has 2 heterocycles. The number of anilines is 1. The first kappa shape index (κ1) is 16.7. The highest BCUT2D eigenvalue weighted by Crippen LogP contribution is 2.40. The lowest BCUT2D eigenvalue weighted by Crippen LogP contribution is -2.52. The summed E-state index contributed by atoms with van der Waals surface area (Å²) in [5.74, 6) is -0.0696. The van der Waals surface area contributed by atoms with Gasteiger partial charge < -0.3 is 15.1 Å². The van der Waals surface area contributed by atoms with E-state index >= 15 is 0 Å². The molecular weight excluding hydrogens is 309 g/mol. The zero-order valence-electron chi connectivity index (χ0n) is 14.1. The van der Waals surface area contributed by atoms with Gasteiger partial charge in [-0.1, -0.05) is 0 Å². The Balaban J connectivity index is 1.55. The summed E-state index contributed by atoms with van der Waals surface area (Å²) in [4.78, 5) is 28.0. The Morgan fingerprint density at radius 2 is 1.88 bits per heavy atom. The van der Waals surface area contributed by atoms with Crippen molar-refractivity contribution in [1.82, 2.24) is 9.80 Å². The standard InChI is InChI=1S/C18H24FN3O2/c1-2-21-13-18(8-7-16(21)23)9-11-22(12-10-18)17(24)20-15-5-3-14(19)4-6-15/h3-6H,2,7-13H2,1H3,(H,20,24). The Morgan fingerprint density at radius 1 is 1.21 bits per heavy atom. The van der Waals surface area contributed by atoms with Gasteiger partial charge in [0.25, 0.3) is 0 Å². The molecule has 0 aromatic heterocycles. The Hall–Kier alpha value is -2.11. The van der Waals surface area contributed by atoms with E-state index in [1.807, 2.05) is 11.8 Å². The summed E-state index contributed by atoms with van der Waals surface area (Å²) in [6.07, 6.45) is 3.40. The maximum atomic E-state index is 12.9. The van der Waals surface area contributed by atoms with E-state index in [9.17, 15) is 14.0 Å². The molecule has 3 rings (SSSR count). The van der Waals surface area contributed by atoms with Crippen LogP contribution < -0.4 is 5.32 Å². The van der Waals surface area contributed by atoms with Gasteiger partial charge in [0.15, 0.2) is 0 Å². The zero-order chi connectivity index (χ0) is 17.2. The Kier molecular flexibility index (Phi) is 4.73. The third-order valence-electron chi connectivity index (χ3n) is 5.34. The highest BCUT2D eigenvalue weighted by atomic mass is 19.1. The molecule has 0 bridgehead atoms. The first-order valence-corrected chi connectivity index (χ1v) is 8.61. The van der Waals surface area contributed by atoms with Crippen LogP contribution >= 0.6 is 0 Å². The van der Waals surface area contributed by atoms with Gasteiger partial charge >= 0.3 is 6.03 Å². The van der Waals surface area contributed by atoms with Crippen molar-refractivity contribution in [3.8, 4) is 0 Å². The number of carbonyl (C=O) groups is 2. The second-order valence-corrected chi connectivity index (χ2v) is 6.83. The molecule has 1 aromatic carbocycles. The van der Waals surface area contributed by atoms with E-state index in [0.29, 0.717) is 25.2 Å². The number of halogens is 1. The molecule has 0 radical (unpaired) electrons. The summed E-state index contributed by atoms with van der Waals surface area (Å²) in [7, 11) is 0. The lowest BCUT2D eigenvalue weighted by atomic mass is 9.72. The fourth-order valence-electron chi connectivity index (χ4n) is 3.72. The second kappa shape index (κ2) is 6.79. The Morgan fingerprint density at radius 3 is 2.50 bits per heavy atom. The van der Waals surface area contributed by atoms with E-state index in [1.54, 1.807) is 17.0 Å². The van der Waals surface area contributed by atoms with Crippen LogP contribution in [0, 0.1) is 11.2 Å². The molecule has 24 heavy (non-hydrogen) atoms. The number of likely N-dealkylation sites (tertiary alicyclic amines) is 2. The molecule has 1 aromatic rings. The number of urea groups is 1. The van der Waals surface area contributed by atoms with Crippen molar-refractivity contribution in [1.29, 1.82) is 0 Å². The van der Waals surface area contributed by atoms with E-state index in [0.717, 1.165) is 32.4 Å². The predicted molar refractivity (Wildman–Crippen MR) is 90.1 cm³/mol. The van der Waals surface area contributed by atoms with E-state index < -0.39 is 0 Å². The molecule has 0 saturated carbocycles. The van der Waals surface area contributed by atoms with E-state index in [-0.39, 0.29) is 23.2 Å². The second-order valence-electron chi connectivity index (χ2n) is 6.83. The zero-order valence-corrected chi connectivity index (χ0v) is 14.1. The van der Waals surface area contributed by atoms with Crippen molar-refractivity contribution in [2.45, 2.75) is 32.6 Å². The summed E-state index contributed by atoms with van der Waals surface area (Å²) in [5.41, 5.74) is 0.762. The number of hydrogen-bond acceptors (Lipinski definition) is 2. The van der Waals surface area contributed by atoms with Gasteiger partial charge in [-0.05, 0) is 55.9 Å². The molecule has 2 aliphatic rings. The molecule has 0 unspecified atom stereocenters. The largest absolute Gasteiger partial charge is 0.342 e. The van der Waals surface area contributed by atoms with Crippen molar-refractivity contribution in [2.24, 2.45) is 5.41 Å².